The quantitative estimate of drug-likeness (QED) is 0.235. The molecule has 0 aromatic heterocycles. The molecule has 0 heterocycles. The molecule has 30 heavy (non-hydrogen) atoms. The van der Waals surface area contributed by atoms with Crippen LogP contribution in [0.3, 0.4) is 0 Å². The van der Waals surface area contributed by atoms with Crippen LogP contribution >= 0.6 is 0 Å². The molecule has 0 aliphatic rings. The topological polar surface area (TPSA) is 117 Å². The molecule has 0 rings (SSSR count). The Hall–Kier alpha value is 0.411. The van der Waals surface area contributed by atoms with Gasteiger partial charge in [-0.15, -0.1) is 0 Å². The lowest BCUT2D eigenvalue weighted by Crippen LogP contribution is -2.61. The smallest absolute Gasteiger partial charge is 0.215 e. The Bertz CT molecular complexity index is 495. The van der Waals surface area contributed by atoms with Gasteiger partial charge in [-0.2, -0.15) is 0 Å². The van der Waals surface area contributed by atoms with Crippen molar-refractivity contribution in [2.45, 2.75) is 115 Å². The molecular formula is C21H53N3O3Si3. The predicted octanol–water partition coefficient (Wildman–Crippen LogP) is 3.90. The van der Waals surface area contributed by atoms with E-state index in [0.29, 0.717) is 13.1 Å². The fraction of sp³-hybridized carbons (Fsp3) is 1.00. The van der Waals surface area contributed by atoms with Crippen LogP contribution in [0.15, 0.2) is 0 Å². The second kappa shape index (κ2) is 12.6. The average Bonchev–Trinajstić information content (AvgIpc) is 2.61. The van der Waals surface area contributed by atoms with Crippen molar-refractivity contribution in [1.82, 2.24) is 0 Å². The lowest BCUT2D eigenvalue weighted by molar-refractivity contribution is 0.0959. The summed E-state index contributed by atoms with van der Waals surface area (Å²) in [7, 11) is -6.61. The van der Waals surface area contributed by atoms with E-state index < -0.39 is 30.2 Å². The third-order valence-electron chi connectivity index (χ3n) is 6.56. The number of hydrogen-bond acceptors (Lipinski definition) is 6. The Morgan fingerprint density at radius 2 is 1.17 bits per heavy atom. The average molecular weight is 480 g/mol. The van der Waals surface area contributed by atoms with Gasteiger partial charge in [-0.25, -0.2) is 0 Å². The van der Waals surface area contributed by atoms with E-state index in [4.69, 9.17) is 26.1 Å². The van der Waals surface area contributed by atoms with Gasteiger partial charge in [0.25, 0.3) is 0 Å². The first-order valence-electron chi connectivity index (χ1n) is 11.8. The fourth-order valence-electron chi connectivity index (χ4n) is 4.50. The van der Waals surface area contributed by atoms with Crippen molar-refractivity contribution in [3.8, 4) is 0 Å². The summed E-state index contributed by atoms with van der Waals surface area (Å²) in [5.41, 5.74) is 17.1. The van der Waals surface area contributed by atoms with Crippen molar-refractivity contribution < 1.29 is 13.6 Å². The van der Waals surface area contributed by atoms with E-state index in [-0.39, 0.29) is 5.60 Å². The first-order valence-corrected chi connectivity index (χ1v) is 20.1. The van der Waals surface area contributed by atoms with Crippen LogP contribution in [-0.2, 0) is 8.85 Å². The third kappa shape index (κ3) is 10.4. The minimum atomic E-state index is -2.59. The minimum Gasteiger partial charge on any atom is -0.429 e. The molecular weight excluding hydrogens is 427 g/mol. The van der Waals surface area contributed by atoms with Gasteiger partial charge in [-0.1, -0.05) is 6.92 Å². The van der Waals surface area contributed by atoms with Crippen molar-refractivity contribution >= 4 is 25.0 Å². The van der Waals surface area contributed by atoms with Crippen LogP contribution in [0.25, 0.3) is 0 Å². The number of hydrogen-bond donors (Lipinski definition) is 4. The summed E-state index contributed by atoms with van der Waals surface area (Å²) in [5.74, 6) is 0. The van der Waals surface area contributed by atoms with E-state index >= 15 is 0 Å². The summed E-state index contributed by atoms with van der Waals surface area (Å²) >= 11 is 0. The van der Waals surface area contributed by atoms with E-state index in [0.717, 1.165) is 56.0 Å². The molecule has 0 radical (unpaired) electrons. The van der Waals surface area contributed by atoms with Gasteiger partial charge >= 0.3 is 0 Å². The maximum atomic E-state index is 11.3. The summed E-state index contributed by atoms with van der Waals surface area (Å²) in [4.78, 5) is 11.3. The van der Waals surface area contributed by atoms with Gasteiger partial charge in [0.2, 0.25) is 8.32 Å². The van der Waals surface area contributed by atoms with E-state index in [9.17, 15) is 4.80 Å². The Kier molecular flexibility index (Phi) is 12.8. The predicted molar refractivity (Wildman–Crippen MR) is 138 cm³/mol. The zero-order chi connectivity index (χ0) is 23.7. The summed E-state index contributed by atoms with van der Waals surface area (Å²) in [6.45, 7) is 19.4. The van der Waals surface area contributed by atoms with Gasteiger partial charge in [0.05, 0.1) is 10.8 Å². The molecule has 0 aromatic carbocycles. The Morgan fingerprint density at radius 3 is 1.60 bits per heavy atom. The van der Waals surface area contributed by atoms with Crippen molar-refractivity contribution in [3.05, 3.63) is 0 Å². The molecule has 182 valence electrons. The number of rotatable bonds is 17. The number of nitrogens with two attached hydrogens (primary N) is 3. The van der Waals surface area contributed by atoms with Crippen LogP contribution in [-0.4, -0.2) is 60.2 Å². The van der Waals surface area contributed by atoms with Crippen LogP contribution in [0.2, 0.25) is 49.9 Å². The van der Waals surface area contributed by atoms with Crippen LogP contribution in [0.1, 0.15) is 53.9 Å². The van der Waals surface area contributed by atoms with Crippen LogP contribution in [0.5, 0.6) is 0 Å². The van der Waals surface area contributed by atoms with Crippen LogP contribution in [0, 0.1) is 0 Å². The second-order valence-corrected chi connectivity index (χ2v) is 23.4. The molecule has 0 aliphatic heterocycles. The Balaban J connectivity index is 5.58. The molecule has 3 unspecified atom stereocenters. The van der Waals surface area contributed by atoms with Gasteiger partial charge in [0, 0.05) is 0 Å². The fourth-order valence-corrected chi connectivity index (χ4v) is 15.1. The molecule has 0 saturated heterocycles. The highest BCUT2D eigenvalue weighted by molar-refractivity contribution is 6.78. The van der Waals surface area contributed by atoms with Gasteiger partial charge in [0.15, 0.2) is 16.6 Å². The maximum absolute atomic E-state index is 11.3. The van der Waals surface area contributed by atoms with Crippen molar-refractivity contribution in [2.75, 3.05) is 19.6 Å². The molecule has 9 heteroatoms. The molecule has 0 saturated carbocycles. The summed E-state index contributed by atoms with van der Waals surface area (Å²) in [5, 5.41) is -0.529. The first-order chi connectivity index (χ1) is 13.6. The summed E-state index contributed by atoms with van der Waals surface area (Å²) < 4.78 is 13.8. The highest BCUT2D eigenvalue weighted by Crippen LogP contribution is 2.38. The van der Waals surface area contributed by atoms with E-state index in [1.165, 1.54) is 0 Å². The largest absolute Gasteiger partial charge is 0.429 e. The lowest BCUT2D eigenvalue weighted by atomic mass is 10.2. The molecule has 0 amide bonds. The SMILES string of the molecule is CC[Si](C)(CCCN)OC(C)(C)C[Si](C)(CCCN)OC(C)(C)[Si](C)(O)CCCN. The monoisotopic (exact) mass is 479 g/mol. The van der Waals surface area contributed by atoms with Crippen LogP contribution < -0.4 is 17.2 Å². The summed E-state index contributed by atoms with van der Waals surface area (Å²) in [6, 6.07) is 4.82. The maximum Gasteiger partial charge on any atom is 0.215 e. The molecule has 6 nitrogen and oxygen atoms in total. The summed E-state index contributed by atoms with van der Waals surface area (Å²) in [6.07, 6.45) is 2.80. The zero-order valence-corrected chi connectivity index (χ0v) is 24.3. The third-order valence-corrected chi connectivity index (χ3v) is 18.7. The molecule has 0 aromatic rings. The van der Waals surface area contributed by atoms with Crippen LogP contribution in [0.4, 0.5) is 0 Å². The van der Waals surface area contributed by atoms with Gasteiger partial charge < -0.3 is 30.8 Å². The first kappa shape index (κ1) is 30.4. The minimum absolute atomic E-state index is 0.262. The lowest BCUT2D eigenvalue weighted by Gasteiger charge is -2.47. The molecule has 0 aliphatic carbocycles. The van der Waals surface area contributed by atoms with E-state index in [1.54, 1.807) is 0 Å². The molecule has 3 atom stereocenters. The molecule has 0 fully saturated rings. The highest BCUT2D eigenvalue weighted by atomic mass is 28.4. The standard InChI is InChI=1S/C21H53N3O3Si3/c1-9-28(6,16-10-13-22)26-20(2,3)19-29(7,17-11-14-23)27-21(4,5)30(8,25)18-12-15-24/h25H,9-19,22-24H2,1-8H3. The molecule has 0 spiro atoms. The van der Waals surface area contributed by atoms with Gasteiger partial charge in [0.1, 0.15) is 0 Å². The molecule has 7 N–H and O–H groups in total. The van der Waals surface area contributed by atoms with E-state index in [2.05, 4.69) is 47.7 Å². The Morgan fingerprint density at radius 1 is 0.733 bits per heavy atom. The van der Waals surface area contributed by atoms with Crippen molar-refractivity contribution in [3.63, 3.8) is 0 Å². The normalized spacial score (nSPS) is 19.2. The Labute approximate surface area is 190 Å². The van der Waals surface area contributed by atoms with Crippen molar-refractivity contribution in [1.29, 1.82) is 0 Å². The van der Waals surface area contributed by atoms with E-state index in [1.807, 2.05) is 6.55 Å². The zero-order valence-electron chi connectivity index (χ0n) is 21.3. The van der Waals surface area contributed by atoms with Crippen molar-refractivity contribution in [2.24, 2.45) is 17.2 Å². The molecule has 0 bridgehead atoms. The highest BCUT2D eigenvalue weighted by Gasteiger charge is 2.49. The van der Waals surface area contributed by atoms with Gasteiger partial charge in [-0.05, 0) is 116 Å². The van der Waals surface area contributed by atoms with Gasteiger partial charge in [-0.3, -0.25) is 0 Å². The second-order valence-electron chi connectivity index (χ2n) is 10.9.